The molecule has 2 aromatic rings. The number of aliphatic hydroxyl groups is 1. The van der Waals surface area contributed by atoms with E-state index < -0.39 is 11.8 Å². The highest BCUT2D eigenvalue weighted by Crippen LogP contribution is 2.34. The third-order valence-electron chi connectivity index (χ3n) is 4.96. The number of fused-ring (bicyclic) bond motifs is 1. The Morgan fingerprint density at radius 2 is 2.11 bits per heavy atom. The number of aliphatic hydroxyl groups excluding tert-OH is 1. The zero-order valence-corrected chi connectivity index (χ0v) is 15.5. The van der Waals surface area contributed by atoms with E-state index >= 15 is 0 Å². The fraction of sp³-hybridized carbons (Fsp3) is 0.500. The van der Waals surface area contributed by atoms with E-state index in [0.29, 0.717) is 47.3 Å². The lowest BCUT2D eigenvalue weighted by Gasteiger charge is -2.40. The fourth-order valence-corrected chi connectivity index (χ4v) is 4.36. The first-order valence-electron chi connectivity index (χ1n) is 9.00. The summed E-state index contributed by atoms with van der Waals surface area (Å²) in [6.07, 6.45) is 2.36. The van der Waals surface area contributed by atoms with Crippen LogP contribution in [0.1, 0.15) is 23.2 Å². The first-order chi connectivity index (χ1) is 13.1. The largest absolute Gasteiger partial charge is 0.417 e. The number of piperazine rings is 1. The highest BCUT2D eigenvalue weighted by Gasteiger charge is 2.34. The monoisotopic (exact) mass is 391 g/mol. The molecule has 0 radical (unpaired) electrons. The van der Waals surface area contributed by atoms with Crippen LogP contribution in [0, 0.1) is 0 Å². The number of nitrogens with zero attached hydrogens (tertiary/aromatic N) is 2. The minimum Gasteiger partial charge on any atom is -0.408 e. The van der Waals surface area contributed by atoms with Crippen molar-refractivity contribution in [2.24, 2.45) is 0 Å². The average Bonchev–Trinajstić information content (AvgIpc) is 3.43. The Bertz CT molecular complexity index is 919. The lowest BCUT2D eigenvalue weighted by molar-refractivity contribution is -0.131. The predicted octanol–water partition coefficient (Wildman–Crippen LogP) is 0.662. The van der Waals surface area contributed by atoms with Crippen LogP contribution in [0.5, 0.6) is 0 Å². The molecule has 2 heterocycles. The molecule has 0 spiro atoms. The van der Waals surface area contributed by atoms with E-state index in [2.05, 4.69) is 4.98 Å². The number of amides is 2. The number of benzene rings is 1. The first-order valence-corrected chi connectivity index (χ1v) is 10.0. The molecule has 1 saturated heterocycles. The molecular weight excluding hydrogens is 370 g/mol. The lowest BCUT2D eigenvalue weighted by atomic mass is 10.1. The molecule has 8 nitrogen and oxygen atoms in total. The quantitative estimate of drug-likeness (QED) is 0.776. The van der Waals surface area contributed by atoms with Gasteiger partial charge >= 0.3 is 5.76 Å². The molecule has 2 N–H and O–H groups in total. The van der Waals surface area contributed by atoms with Gasteiger partial charge in [-0.05, 0) is 25.0 Å². The van der Waals surface area contributed by atoms with Crippen molar-refractivity contribution < 1.29 is 19.1 Å². The van der Waals surface area contributed by atoms with Crippen molar-refractivity contribution in [2.75, 3.05) is 32.0 Å². The molecule has 0 bridgehead atoms. The Morgan fingerprint density at radius 1 is 1.30 bits per heavy atom. The van der Waals surface area contributed by atoms with Gasteiger partial charge in [0.1, 0.15) is 0 Å². The minimum atomic E-state index is -0.618. The van der Waals surface area contributed by atoms with Crippen LogP contribution in [0.4, 0.5) is 0 Å². The second-order valence-electron chi connectivity index (χ2n) is 6.88. The molecule has 1 aromatic heterocycles. The summed E-state index contributed by atoms with van der Waals surface area (Å²) in [5.74, 6) is -0.408. The van der Waals surface area contributed by atoms with Gasteiger partial charge in [0, 0.05) is 24.9 Å². The number of para-hydroxylation sites is 1. The first kappa shape index (κ1) is 18.1. The molecule has 144 valence electrons. The van der Waals surface area contributed by atoms with Crippen LogP contribution >= 0.6 is 11.8 Å². The average molecular weight is 391 g/mol. The van der Waals surface area contributed by atoms with Crippen molar-refractivity contribution in [3.05, 3.63) is 34.3 Å². The van der Waals surface area contributed by atoms with E-state index in [1.54, 1.807) is 39.8 Å². The van der Waals surface area contributed by atoms with E-state index in [0.717, 1.165) is 0 Å². The maximum Gasteiger partial charge on any atom is 0.417 e. The van der Waals surface area contributed by atoms with Crippen LogP contribution in [-0.2, 0) is 4.79 Å². The standard InChI is InChI=1S/C18H21N3O5S/c22-9-11-8-20(15(23)10-27-12-4-5-12)6-7-21(11)17(24)13-2-1-3-14-16(13)19-18(25)26-14/h1-3,11-12,22H,4-10H2,(H,19,25). The van der Waals surface area contributed by atoms with Gasteiger partial charge in [0.15, 0.2) is 5.58 Å². The van der Waals surface area contributed by atoms with Gasteiger partial charge in [0.05, 0.1) is 29.5 Å². The Hall–Kier alpha value is -2.26. The molecule has 27 heavy (non-hydrogen) atoms. The molecular formula is C18H21N3O5S. The number of H-pyrrole nitrogens is 1. The third kappa shape index (κ3) is 3.74. The maximum atomic E-state index is 13.0. The number of aromatic amines is 1. The number of carbonyl (C=O) groups is 2. The van der Waals surface area contributed by atoms with Crippen LogP contribution in [0.15, 0.2) is 27.4 Å². The van der Waals surface area contributed by atoms with Crippen molar-refractivity contribution >= 4 is 34.7 Å². The molecule has 1 unspecified atom stereocenters. The molecule has 1 aromatic carbocycles. The smallest absolute Gasteiger partial charge is 0.408 e. The van der Waals surface area contributed by atoms with Crippen LogP contribution in [0.2, 0.25) is 0 Å². The zero-order chi connectivity index (χ0) is 19.0. The van der Waals surface area contributed by atoms with Crippen molar-refractivity contribution in [1.82, 2.24) is 14.8 Å². The summed E-state index contributed by atoms with van der Waals surface area (Å²) >= 11 is 1.68. The third-order valence-corrected chi connectivity index (χ3v) is 6.32. The number of hydrogen-bond acceptors (Lipinski definition) is 6. The summed E-state index contributed by atoms with van der Waals surface area (Å²) < 4.78 is 5.01. The number of hydrogen-bond donors (Lipinski definition) is 2. The number of nitrogens with one attached hydrogen (secondary N) is 1. The van der Waals surface area contributed by atoms with Gasteiger partial charge in [-0.15, -0.1) is 11.8 Å². The van der Waals surface area contributed by atoms with Crippen molar-refractivity contribution in [1.29, 1.82) is 0 Å². The lowest BCUT2D eigenvalue weighted by Crippen LogP contribution is -2.58. The number of rotatable bonds is 5. The Balaban J connectivity index is 1.48. The second-order valence-corrected chi connectivity index (χ2v) is 8.17. The van der Waals surface area contributed by atoms with Gasteiger partial charge in [0.25, 0.3) is 5.91 Å². The molecule has 9 heteroatoms. The normalized spacial score (nSPS) is 20.3. The van der Waals surface area contributed by atoms with Gasteiger partial charge < -0.3 is 19.3 Å². The molecule has 1 atom stereocenters. The van der Waals surface area contributed by atoms with E-state index in [1.807, 2.05) is 0 Å². The summed E-state index contributed by atoms with van der Waals surface area (Å²) in [6, 6.07) is 4.40. The van der Waals surface area contributed by atoms with Crippen molar-refractivity contribution in [3.8, 4) is 0 Å². The number of aromatic nitrogens is 1. The van der Waals surface area contributed by atoms with E-state index in [-0.39, 0.29) is 18.4 Å². The van der Waals surface area contributed by atoms with Crippen LogP contribution in [0.25, 0.3) is 11.1 Å². The summed E-state index contributed by atoms with van der Waals surface area (Å²) in [4.78, 5) is 42.7. The summed E-state index contributed by atoms with van der Waals surface area (Å²) in [5, 5.41) is 10.4. The highest BCUT2D eigenvalue weighted by molar-refractivity contribution is 8.00. The highest BCUT2D eigenvalue weighted by atomic mass is 32.2. The van der Waals surface area contributed by atoms with Crippen molar-refractivity contribution in [3.63, 3.8) is 0 Å². The van der Waals surface area contributed by atoms with E-state index in [4.69, 9.17) is 4.42 Å². The van der Waals surface area contributed by atoms with Crippen LogP contribution in [0.3, 0.4) is 0 Å². The maximum absolute atomic E-state index is 13.0. The fourth-order valence-electron chi connectivity index (χ4n) is 3.33. The minimum absolute atomic E-state index is 0.0544. The molecule has 1 saturated carbocycles. The van der Waals surface area contributed by atoms with Crippen LogP contribution < -0.4 is 5.76 Å². The topological polar surface area (TPSA) is 107 Å². The van der Waals surface area contributed by atoms with Crippen molar-refractivity contribution in [2.45, 2.75) is 24.1 Å². The Morgan fingerprint density at radius 3 is 2.85 bits per heavy atom. The molecule has 1 aliphatic carbocycles. The molecule has 2 aliphatic rings. The summed E-state index contributed by atoms with van der Waals surface area (Å²) in [7, 11) is 0. The summed E-state index contributed by atoms with van der Waals surface area (Å²) in [5.41, 5.74) is 0.988. The Kier molecular flexibility index (Phi) is 4.96. The zero-order valence-electron chi connectivity index (χ0n) is 14.7. The van der Waals surface area contributed by atoms with Gasteiger partial charge in [-0.3, -0.25) is 14.6 Å². The summed E-state index contributed by atoms with van der Waals surface area (Å²) in [6.45, 7) is 0.847. The molecule has 4 rings (SSSR count). The number of carbonyl (C=O) groups excluding carboxylic acids is 2. The second kappa shape index (κ2) is 7.40. The Labute approximate surface area is 159 Å². The predicted molar refractivity (Wildman–Crippen MR) is 101 cm³/mol. The SMILES string of the molecule is O=C(CSC1CC1)N1CCN(C(=O)c2cccc3oc(=O)[nH]c23)C(CO)C1. The molecule has 2 amide bonds. The van der Waals surface area contributed by atoms with Gasteiger partial charge in [-0.1, -0.05) is 6.07 Å². The number of oxazole rings is 1. The van der Waals surface area contributed by atoms with Gasteiger partial charge in [-0.25, -0.2) is 4.79 Å². The van der Waals surface area contributed by atoms with Gasteiger partial charge in [0.2, 0.25) is 5.91 Å². The van der Waals surface area contributed by atoms with E-state index in [1.165, 1.54) is 12.8 Å². The van der Waals surface area contributed by atoms with E-state index in [9.17, 15) is 19.5 Å². The molecule has 2 fully saturated rings. The number of thioether (sulfide) groups is 1. The van der Waals surface area contributed by atoms with Gasteiger partial charge in [-0.2, -0.15) is 0 Å². The molecule has 1 aliphatic heterocycles. The van der Waals surface area contributed by atoms with Crippen LogP contribution in [-0.4, -0.2) is 75.0 Å².